The summed E-state index contributed by atoms with van der Waals surface area (Å²) in [6.07, 6.45) is 0. The van der Waals surface area contributed by atoms with Crippen molar-refractivity contribution in [1.29, 1.82) is 0 Å². The zero-order chi connectivity index (χ0) is 17.6. The third-order valence-corrected chi connectivity index (χ3v) is 4.04. The van der Waals surface area contributed by atoms with Gasteiger partial charge in [0, 0.05) is 23.8 Å². The van der Waals surface area contributed by atoms with E-state index in [0.717, 1.165) is 27.6 Å². The predicted octanol–water partition coefficient (Wildman–Crippen LogP) is 3.65. The topological polar surface area (TPSA) is 56.8 Å². The van der Waals surface area contributed by atoms with E-state index in [4.69, 9.17) is 4.74 Å². The fourth-order valence-corrected chi connectivity index (χ4v) is 2.81. The molecule has 1 atom stereocenters. The first kappa shape index (κ1) is 16.7. The Morgan fingerprint density at radius 3 is 2.36 bits per heavy atom. The van der Waals surface area contributed by atoms with E-state index in [1.54, 1.807) is 19.2 Å². The largest absolute Gasteiger partial charge is 0.497 e. The summed E-state index contributed by atoms with van der Waals surface area (Å²) >= 11 is 0. The van der Waals surface area contributed by atoms with Crippen LogP contribution in [0.5, 0.6) is 5.75 Å². The molecule has 0 amide bonds. The first-order chi connectivity index (χ1) is 12.2. The number of hydrogen-bond donors (Lipinski definition) is 1. The van der Waals surface area contributed by atoms with Gasteiger partial charge in [0.2, 0.25) is 0 Å². The summed E-state index contributed by atoms with van der Waals surface area (Å²) in [6, 6.07) is 24.7. The Hall–Kier alpha value is -3.18. The van der Waals surface area contributed by atoms with Crippen LogP contribution in [0.1, 0.15) is 5.56 Å². The van der Waals surface area contributed by atoms with E-state index in [1.165, 1.54) is 6.07 Å². The van der Waals surface area contributed by atoms with Crippen LogP contribution in [0.4, 0.5) is 17.1 Å². The molecule has 3 aromatic rings. The van der Waals surface area contributed by atoms with Gasteiger partial charge in [-0.3, -0.25) is 15.0 Å². The smallest absolute Gasteiger partial charge is 0.269 e. The molecule has 5 nitrogen and oxygen atoms in total. The zero-order valence-electron chi connectivity index (χ0n) is 13.9. The van der Waals surface area contributed by atoms with E-state index in [1.807, 2.05) is 60.7 Å². The number of nitrogens with one attached hydrogen (secondary N) is 1. The molecule has 0 heterocycles. The molecule has 0 aliphatic heterocycles. The third-order valence-electron chi connectivity index (χ3n) is 4.04. The maximum Gasteiger partial charge on any atom is 0.269 e. The molecule has 0 bridgehead atoms. The SMILES string of the molecule is COc1cccc([NH+](Cc2cccc([N+](=O)[O-])c2)c2ccccc2)c1. The molecule has 0 aromatic heterocycles. The maximum absolute atomic E-state index is 11.0. The van der Waals surface area contributed by atoms with Crippen LogP contribution in [0.3, 0.4) is 0 Å². The highest BCUT2D eigenvalue weighted by Crippen LogP contribution is 2.18. The van der Waals surface area contributed by atoms with Gasteiger partial charge in [0.15, 0.2) is 0 Å². The average molecular weight is 335 g/mol. The molecule has 0 spiro atoms. The molecule has 0 aliphatic carbocycles. The molecule has 0 saturated carbocycles. The maximum atomic E-state index is 11.0. The summed E-state index contributed by atoms with van der Waals surface area (Å²) in [6.45, 7) is 0.596. The quantitative estimate of drug-likeness (QED) is 0.552. The van der Waals surface area contributed by atoms with Gasteiger partial charge in [-0.1, -0.05) is 36.4 Å². The molecule has 0 fully saturated rings. The Balaban J connectivity index is 2.00. The number of nitrogens with zero attached hydrogens (tertiary/aromatic N) is 1. The summed E-state index contributed by atoms with van der Waals surface area (Å²) in [5.74, 6) is 0.782. The van der Waals surface area contributed by atoms with Crippen molar-refractivity contribution in [2.24, 2.45) is 0 Å². The van der Waals surface area contributed by atoms with E-state index >= 15 is 0 Å². The zero-order valence-corrected chi connectivity index (χ0v) is 13.9. The van der Waals surface area contributed by atoms with Gasteiger partial charge in [0.05, 0.1) is 12.0 Å². The monoisotopic (exact) mass is 335 g/mol. The number of rotatable bonds is 6. The second-order valence-corrected chi connectivity index (χ2v) is 5.68. The van der Waals surface area contributed by atoms with E-state index in [0.29, 0.717) is 6.54 Å². The number of non-ortho nitro benzene ring substituents is 1. The summed E-state index contributed by atoms with van der Waals surface area (Å²) in [4.78, 5) is 11.8. The van der Waals surface area contributed by atoms with Crippen LogP contribution in [0.15, 0.2) is 78.9 Å². The van der Waals surface area contributed by atoms with Crippen LogP contribution in [0, 0.1) is 10.1 Å². The molecular weight excluding hydrogens is 316 g/mol. The molecule has 126 valence electrons. The number of ether oxygens (including phenoxy) is 1. The lowest BCUT2D eigenvalue weighted by Crippen LogP contribution is -3.00. The van der Waals surface area contributed by atoms with Crippen LogP contribution >= 0.6 is 0 Å². The number of methoxy groups -OCH3 is 1. The minimum Gasteiger partial charge on any atom is -0.497 e. The fourth-order valence-electron chi connectivity index (χ4n) is 2.81. The lowest BCUT2D eigenvalue weighted by atomic mass is 10.1. The van der Waals surface area contributed by atoms with Gasteiger partial charge in [-0.2, -0.15) is 0 Å². The third kappa shape index (κ3) is 4.02. The van der Waals surface area contributed by atoms with Gasteiger partial charge in [-0.15, -0.1) is 0 Å². The normalized spacial score (nSPS) is 11.7. The van der Waals surface area contributed by atoms with Gasteiger partial charge < -0.3 is 4.74 Å². The minimum atomic E-state index is -0.364. The number of benzene rings is 3. The van der Waals surface area contributed by atoms with E-state index in [2.05, 4.69) is 0 Å². The highest BCUT2D eigenvalue weighted by molar-refractivity contribution is 5.43. The standard InChI is InChI=1S/C20H18N2O3/c1-25-20-12-6-10-18(14-20)21(17-8-3-2-4-9-17)15-16-7-5-11-19(13-16)22(23)24/h2-14H,15H2,1H3/p+1. The van der Waals surface area contributed by atoms with Crippen LogP contribution in [-0.2, 0) is 6.54 Å². The van der Waals surface area contributed by atoms with Crippen LogP contribution < -0.4 is 9.64 Å². The lowest BCUT2D eigenvalue weighted by molar-refractivity contribution is -0.776. The van der Waals surface area contributed by atoms with Crippen molar-refractivity contribution in [1.82, 2.24) is 0 Å². The number of nitro groups is 1. The first-order valence-corrected chi connectivity index (χ1v) is 7.96. The van der Waals surface area contributed by atoms with Crippen molar-refractivity contribution in [3.05, 3.63) is 94.5 Å². The van der Waals surface area contributed by atoms with Crippen LogP contribution in [0.25, 0.3) is 0 Å². The highest BCUT2D eigenvalue weighted by Gasteiger charge is 2.18. The van der Waals surface area contributed by atoms with E-state index < -0.39 is 0 Å². The minimum absolute atomic E-state index is 0.107. The molecule has 1 N–H and O–H groups in total. The summed E-state index contributed by atoms with van der Waals surface area (Å²) in [5.41, 5.74) is 3.13. The number of nitro benzene ring substituents is 1. The second-order valence-electron chi connectivity index (χ2n) is 5.68. The van der Waals surface area contributed by atoms with Crippen molar-refractivity contribution < 1.29 is 14.6 Å². The fraction of sp³-hybridized carbons (Fsp3) is 0.100. The number of para-hydroxylation sites is 1. The van der Waals surface area contributed by atoms with Gasteiger partial charge in [0.1, 0.15) is 23.7 Å². The van der Waals surface area contributed by atoms with Gasteiger partial charge >= 0.3 is 0 Å². The summed E-state index contributed by atoms with van der Waals surface area (Å²) < 4.78 is 5.34. The number of hydrogen-bond acceptors (Lipinski definition) is 3. The molecule has 0 aliphatic rings. The highest BCUT2D eigenvalue weighted by atomic mass is 16.6. The van der Waals surface area contributed by atoms with Crippen molar-refractivity contribution in [3.8, 4) is 5.75 Å². The Kier molecular flexibility index (Phi) is 5.06. The van der Waals surface area contributed by atoms with Crippen LogP contribution in [0.2, 0.25) is 0 Å². The van der Waals surface area contributed by atoms with E-state index in [9.17, 15) is 10.1 Å². The molecule has 0 radical (unpaired) electrons. The average Bonchev–Trinajstić information content (AvgIpc) is 2.67. The second kappa shape index (κ2) is 7.59. The first-order valence-electron chi connectivity index (χ1n) is 7.96. The van der Waals surface area contributed by atoms with Crippen molar-refractivity contribution in [2.75, 3.05) is 7.11 Å². The van der Waals surface area contributed by atoms with Gasteiger partial charge in [0.25, 0.3) is 5.69 Å². The molecular formula is C20H19N2O3+. The number of quaternary nitrogens is 1. The van der Waals surface area contributed by atoms with Crippen LogP contribution in [-0.4, -0.2) is 12.0 Å². The Morgan fingerprint density at radius 1 is 0.920 bits per heavy atom. The van der Waals surface area contributed by atoms with Crippen molar-refractivity contribution >= 4 is 17.1 Å². The molecule has 3 aromatic carbocycles. The molecule has 3 rings (SSSR count). The van der Waals surface area contributed by atoms with Gasteiger partial charge in [-0.25, -0.2) is 0 Å². The summed E-state index contributed by atoms with van der Waals surface area (Å²) in [5, 5.41) is 11.0. The molecule has 1 unspecified atom stereocenters. The Morgan fingerprint density at radius 2 is 1.64 bits per heavy atom. The lowest BCUT2D eigenvalue weighted by Gasteiger charge is -2.19. The Bertz CT molecular complexity index is 866. The molecule has 5 heteroatoms. The van der Waals surface area contributed by atoms with Gasteiger partial charge in [-0.05, 0) is 24.3 Å². The predicted molar refractivity (Wildman–Crippen MR) is 96.5 cm³/mol. The van der Waals surface area contributed by atoms with Crippen molar-refractivity contribution in [3.63, 3.8) is 0 Å². The Labute approximate surface area is 146 Å². The molecule has 0 saturated heterocycles. The summed E-state index contributed by atoms with van der Waals surface area (Å²) in [7, 11) is 1.64. The van der Waals surface area contributed by atoms with Crippen molar-refractivity contribution in [2.45, 2.75) is 6.54 Å². The molecule has 25 heavy (non-hydrogen) atoms. The van der Waals surface area contributed by atoms with E-state index in [-0.39, 0.29) is 10.6 Å².